The Kier molecular flexibility index (Phi) is 7.48. The van der Waals surface area contributed by atoms with Crippen LogP contribution in [0.5, 0.6) is 5.75 Å². The summed E-state index contributed by atoms with van der Waals surface area (Å²) in [6.45, 7) is -0.0571. The average molecular weight is 453 g/mol. The van der Waals surface area contributed by atoms with Gasteiger partial charge < -0.3 is 10.1 Å². The molecule has 0 heterocycles. The number of rotatable bonds is 8. The van der Waals surface area contributed by atoms with Crippen LogP contribution in [0.2, 0.25) is 0 Å². The molecule has 2 aromatic rings. The van der Waals surface area contributed by atoms with Crippen molar-refractivity contribution in [2.24, 2.45) is 5.92 Å². The van der Waals surface area contributed by atoms with E-state index in [9.17, 15) is 22.0 Å². The Hall–Kier alpha value is -2.68. The summed E-state index contributed by atoms with van der Waals surface area (Å²) >= 11 is 0. The first kappa shape index (κ1) is 23.0. The molecule has 6 nitrogen and oxygen atoms in total. The van der Waals surface area contributed by atoms with Gasteiger partial charge in [-0.1, -0.05) is 19.3 Å². The first-order chi connectivity index (χ1) is 14.8. The van der Waals surface area contributed by atoms with Gasteiger partial charge in [0.25, 0.3) is 10.0 Å². The predicted molar refractivity (Wildman–Crippen MR) is 113 cm³/mol. The van der Waals surface area contributed by atoms with Crippen LogP contribution in [0, 0.1) is 17.6 Å². The van der Waals surface area contributed by atoms with Crippen LogP contribution >= 0.6 is 0 Å². The number of sulfonamides is 1. The number of benzene rings is 2. The minimum atomic E-state index is -4.47. The summed E-state index contributed by atoms with van der Waals surface area (Å²) in [4.78, 5) is 11.9. The maximum absolute atomic E-state index is 14.3. The van der Waals surface area contributed by atoms with Crippen LogP contribution in [0.1, 0.15) is 32.1 Å². The van der Waals surface area contributed by atoms with Gasteiger partial charge in [-0.15, -0.1) is 0 Å². The summed E-state index contributed by atoms with van der Waals surface area (Å²) in [5.74, 6) is -1.74. The van der Waals surface area contributed by atoms with E-state index in [4.69, 9.17) is 4.74 Å². The van der Waals surface area contributed by atoms with Crippen molar-refractivity contribution in [2.45, 2.75) is 37.0 Å². The monoisotopic (exact) mass is 452 g/mol. The first-order valence-electron chi connectivity index (χ1n) is 10.2. The molecule has 0 radical (unpaired) electrons. The molecule has 31 heavy (non-hydrogen) atoms. The first-order valence-corrected chi connectivity index (χ1v) is 11.6. The number of carbonyl (C=O) groups excluding carboxylic acids is 1. The number of nitrogens with one attached hydrogen (secondary N) is 1. The van der Waals surface area contributed by atoms with Crippen molar-refractivity contribution < 1.29 is 26.7 Å². The number of hydrogen-bond acceptors (Lipinski definition) is 4. The number of anilines is 1. The van der Waals surface area contributed by atoms with Gasteiger partial charge in [-0.05, 0) is 55.2 Å². The standard InChI is InChI=1S/C22H26F2N2O4S/c1-30-19-10-8-18(9-11-19)26(15-22(27)25-14-16-5-3-2-4-6-16)31(28,29)21-12-7-17(23)13-20(21)24/h7-13,16H,2-6,14-15H2,1H3,(H,25,27). The third kappa shape index (κ3) is 5.72. The van der Waals surface area contributed by atoms with Gasteiger partial charge in [0.2, 0.25) is 5.91 Å². The van der Waals surface area contributed by atoms with Gasteiger partial charge in [0.1, 0.15) is 28.8 Å². The van der Waals surface area contributed by atoms with E-state index in [0.717, 1.165) is 42.1 Å². The SMILES string of the molecule is COc1ccc(N(CC(=O)NCC2CCCCC2)S(=O)(=O)c2ccc(F)cc2F)cc1. The molecule has 3 rings (SSSR count). The molecule has 1 fully saturated rings. The Balaban J connectivity index is 1.85. The van der Waals surface area contributed by atoms with Gasteiger partial charge in [0.15, 0.2) is 0 Å². The molecule has 1 amide bonds. The molecular weight excluding hydrogens is 426 g/mol. The molecule has 0 saturated heterocycles. The molecule has 0 aliphatic heterocycles. The third-order valence-corrected chi connectivity index (χ3v) is 7.23. The normalized spacial score (nSPS) is 14.8. The molecule has 0 atom stereocenters. The molecule has 0 unspecified atom stereocenters. The van der Waals surface area contributed by atoms with E-state index >= 15 is 0 Å². The van der Waals surface area contributed by atoms with Crippen LogP contribution in [0.25, 0.3) is 0 Å². The van der Waals surface area contributed by atoms with Gasteiger partial charge in [0, 0.05) is 12.6 Å². The predicted octanol–water partition coefficient (Wildman–Crippen LogP) is 3.87. The van der Waals surface area contributed by atoms with E-state index < -0.39 is 39.0 Å². The third-order valence-electron chi connectivity index (χ3n) is 5.42. The second kappa shape index (κ2) is 10.1. The van der Waals surface area contributed by atoms with Crippen molar-refractivity contribution >= 4 is 21.6 Å². The number of amides is 1. The van der Waals surface area contributed by atoms with Gasteiger partial charge in [0.05, 0.1) is 12.8 Å². The minimum Gasteiger partial charge on any atom is -0.497 e. The van der Waals surface area contributed by atoms with Crippen LogP contribution in [0.3, 0.4) is 0 Å². The lowest BCUT2D eigenvalue weighted by Crippen LogP contribution is -2.42. The Morgan fingerprint density at radius 3 is 2.39 bits per heavy atom. The summed E-state index contributed by atoms with van der Waals surface area (Å²) < 4.78 is 59.9. The molecular formula is C22H26F2N2O4S. The molecule has 9 heteroatoms. The number of nitrogens with zero attached hydrogens (tertiary/aromatic N) is 1. The fraction of sp³-hybridized carbons (Fsp3) is 0.409. The number of carbonyl (C=O) groups is 1. The summed E-state index contributed by atoms with van der Waals surface area (Å²) in [5, 5.41) is 2.80. The second-order valence-corrected chi connectivity index (χ2v) is 9.42. The highest BCUT2D eigenvalue weighted by molar-refractivity contribution is 7.92. The lowest BCUT2D eigenvalue weighted by Gasteiger charge is -2.26. The van der Waals surface area contributed by atoms with Crippen LogP contribution in [-0.2, 0) is 14.8 Å². The largest absolute Gasteiger partial charge is 0.497 e. The fourth-order valence-corrected chi connectivity index (χ4v) is 5.17. The minimum absolute atomic E-state index is 0.164. The Morgan fingerprint density at radius 2 is 1.77 bits per heavy atom. The lowest BCUT2D eigenvalue weighted by atomic mass is 9.89. The van der Waals surface area contributed by atoms with E-state index in [-0.39, 0.29) is 5.69 Å². The van der Waals surface area contributed by atoms with Gasteiger partial charge >= 0.3 is 0 Å². The van der Waals surface area contributed by atoms with Gasteiger partial charge in [-0.2, -0.15) is 0 Å². The maximum Gasteiger partial charge on any atom is 0.267 e. The number of halogens is 2. The van der Waals surface area contributed by atoms with Crippen molar-refractivity contribution in [2.75, 3.05) is 24.5 Å². The molecule has 1 aliphatic carbocycles. The molecule has 1 aliphatic rings. The molecule has 0 aromatic heterocycles. The lowest BCUT2D eigenvalue weighted by molar-refractivity contribution is -0.119. The van der Waals surface area contributed by atoms with Crippen LogP contribution in [-0.4, -0.2) is 34.5 Å². The van der Waals surface area contributed by atoms with E-state index in [0.29, 0.717) is 24.3 Å². The zero-order valence-corrected chi connectivity index (χ0v) is 18.1. The smallest absolute Gasteiger partial charge is 0.267 e. The van der Waals surface area contributed by atoms with E-state index in [2.05, 4.69) is 5.32 Å². The maximum atomic E-state index is 14.3. The molecule has 0 bridgehead atoms. The van der Waals surface area contributed by atoms with Crippen molar-refractivity contribution in [3.05, 3.63) is 54.1 Å². The number of methoxy groups -OCH3 is 1. The van der Waals surface area contributed by atoms with Crippen LogP contribution < -0.4 is 14.4 Å². The summed E-state index contributed by atoms with van der Waals surface area (Å²) in [5.41, 5.74) is 0.164. The van der Waals surface area contributed by atoms with E-state index in [1.54, 1.807) is 12.1 Å². The molecule has 0 spiro atoms. The van der Waals surface area contributed by atoms with Crippen molar-refractivity contribution in [3.8, 4) is 5.75 Å². The Bertz CT molecular complexity index is 1010. The Labute approximate surface area is 181 Å². The number of ether oxygens (including phenoxy) is 1. The zero-order valence-electron chi connectivity index (χ0n) is 17.3. The van der Waals surface area contributed by atoms with Crippen molar-refractivity contribution in [1.82, 2.24) is 5.32 Å². The van der Waals surface area contributed by atoms with Gasteiger partial charge in [-0.25, -0.2) is 17.2 Å². The average Bonchev–Trinajstić information content (AvgIpc) is 2.76. The van der Waals surface area contributed by atoms with E-state index in [1.807, 2.05) is 0 Å². The van der Waals surface area contributed by atoms with Crippen molar-refractivity contribution in [3.63, 3.8) is 0 Å². The second-order valence-electron chi connectivity index (χ2n) is 7.59. The van der Waals surface area contributed by atoms with Crippen LogP contribution in [0.4, 0.5) is 14.5 Å². The molecule has 2 aromatic carbocycles. The molecule has 168 valence electrons. The topological polar surface area (TPSA) is 75.7 Å². The highest BCUT2D eigenvalue weighted by Crippen LogP contribution is 2.27. The van der Waals surface area contributed by atoms with E-state index in [1.165, 1.54) is 25.7 Å². The zero-order chi connectivity index (χ0) is 22.4. The number of hydrogen-bond donors (Lipinski definition) is 1. The highest BCUT2D eigenvalue weighted by atomic mass is 32.2. The Morgan fingerprint density at radius 1 is 1.10 bits per heavy atom. The summed E-state index contributed by atoms with van der Waals surface area (Å²) in [6.07, 6.45) is 5.49. The highest BCUT2D eigenvalue weighted by Gasteiger charge is 2.30. The van der Waals surface area contributed by atoms with Crippen LogP contribution in [0.15, 0.2) is 47.4 Å². The molecule has 1 N–H and O–H groups in total. The van der Waals surface area contributed by atoms with Crippen molar-refractivity contribution in [1.29, 1.82) is 0 Å². The fourth-order valence-electron chi connectivity index (χ4n) is 3.70. The molecule has 1 saturated carbocycles. The summed E-state index contributed by atoms with van der Waals surface area (Å²) in [7, 11) is -3.00. The summed E-state index contributed by atoms with van der Waals surface area (Å²) in [6, 6.07) is 8.24. The van der Waals surface area contributed by atoms with Gasteiger partial charge in [-0.3, -0.25) is 9.10 Å². The quantitative estimate of drug-likeness (QED) is 0.660.